The quantitative estimate of drug-likeness (QED) is 0.469. The lowest BCUT2D eigenvalue weighted by molar-refractivity contribution is 0.103. The molecular weight excluding hydrogens is 373 g/mol. The Morgan fingerprint density at radius 2 is 2.00 bits per heavy atom. The second-order valence-corrected chi connectivity index (χ2v) is 7.93. The lowest BCUT2D eigenvalue weighted by Crippen LogP contribution is -2.23. The first-order chi connectivity index (χ1) is 11.2. The van der Waals surface area contributed by atoms with Crippen LogP contribution in [0.4, 0.5) is 5.69 Å². The molecule has 0 unspecified atom stereocenters. The minimum Gasteiger partial charge on any atom is -0.387 e. The van der Waals surface area contributed by atoms with Crippen LogP contribution >= 0.6 is 23.2 Å². The molecule has 0 spiro atoms. The minimum atomic E-state index is -3.58. The van der Waals surface area contributed by atoms with Gasteiger partial charge in [0.1, 0.15) is 11.6 Å². The van der Waals surface area contributed by atoms with E-state index in [4.69, 9.17) is 23.2 Å². The number of benzene rings is 1. The highest BCUT2D eigenvalue weighted by atomic mass is 35.5. The molecule has 24 heavy (non-hydrogen) atoms. The largest absolute Gasteiger partial charge is 0.387 e. The minimum absolute atomic E-state index is 0.0173. The van der Waals surface area contributed by atoms with Crippen molar-refractivity contribution in [3.63, 3.8) is 0 Å². The molecule has 0 amide bonds. The smallest absolute Gasteiger partial charge is 0.229 e. The highest BCUT2D eigenvalue weighted by Crippen LogP contribution is 2.32. The summed E-state index contributed by atoms with van der Waals surface area (Å²) in [7, 11) is -3.58. The molecule has 2 N–H and O–H groups in total. The highest BCUT2D eigenvalue weighted by molar-refractivity contribution is 7.92. The fourth-order valence-corrected chi connectivity index (χ4v) is 3.50. The van der Waals surface area contributed by atoms with Crippen molar-refractivity contribution in [2.24, 2.45) is 0 Å². The van der Waals surface area contributed by atoms with Gasteiger partial charge in [-0.1, -0.05) is 23.2 Å². The molecule has 0 saturated carbocycles. The maximum atomic E-state index is 12.7. The van der Waals surface area contributed by atoms with E-state index >= 15 is 0 Å². The van der Waals surface area contributed by atoms with E-state index in [0.29, 0.717) is 18.7 Å². The second kappa shape index (κ2) is 7.43. The molecule has 1 fully saturated rings. The van der Waals surface area contributed by atoms with E-state index in [2.05, 4.69) is 10.0 Å². The molecule has 6 nitrogen and oxygen atoms in total. The molecular formula is C15H15Cl2N3O3S. The molecule has 0 aromatic heterocycles. The molecule has 1 heterocycles. The summed E-state index contributed by atoms with van der Waals surface area (Å²) in [6.45, 7) is 0.697. The Labute approximate surface area is 150 Å². The van der Waals surface area contributed by atoms with Crippen LogP contribution in [-0.2, 0) is 10.0 Å². The first-order valence-electron chi connectivity index (χ1n) is 7.11. The third kappa shape index (κ3) is 4.41. The zero-order valence-electron chi connectivity index (χ0n) is 12.8. The molecule has 128 valence electrons. The number of piperidine rings is 1. The van der Waals surface area contributed by atoms with Gasteiger partial charge in [0, 0.05) is 17.8 Å². The van der Waals surface area contributed by atoms with Crippen molar-refractivity contribution in [1.29, 1.82) is 5.26 Å². The molecule has 0 radical (unpaired) electrons. The topological polar surface area (TPSA) is 99.1 Å². The normalized spacial score (nSPS) is 16.8. The van der Waals surface area contributed by atoms with Gasteiger partial charge in [-0.25, -0.2) is 8.42 Å². The van der Waals surface area contributed by atoms with Crippen LogP contribution in [0.1, 0.15) is 29.6 Å². The molecule has 1 aromatic rings. The lowest BCUT2D eigenvalue weighted by atomic mass is 9.98. The summed E-state index contributed by atoms with van der Waals surface area (Å²) >= 11 is 12.0. The first kappa shape index (κ1) is 18.6. The zero-order chi connectivity index (χ0) is 17.9. The summed E-state index contributed by atoms with van der Waals surface area (Å²) in [5.74, 6) is -0.569. The van der Waals surface area contributed by atoms with Crippen LogP contribution in [0.5, 0.6) is 0 Å². The molecule has 0 aliphatic carbocycles. The summed E-state index contributed by atoms with van der Waals surface area (Å²) in [4.78, 5) is 12.7. The first-order valence-corrected chi connectivity index (χ1v) is 9.76. The monoisotopic (exact) mass is 387 g/mol. The standard InChI is InChI=1S/C15H15Cl2N3O3S/c1-24(22,23)20-14-6-9(11(16)7-12(14)17)15(21)10(8-18)13-4-2-3-5-19-13/h6-7,19-20H,2-5H2,1H3/b13-10-. The molecule has 1 saturated heterocycles. The number of nitrogens with one attached hydrogen (secondary N) is 2. The van der Waals surface area contributed by atoms with Crippen LogP contribution in [-0.4, -0.2) is 27.0 Å². The Morgan fingerprint density at radius 1 is 1.29 bits per heavy atom. The van der Waals surface area contributed by atoms with E-state index in [1.165, 1.54) is 12.1 Å². The van der Waals surface area contributed by atoms with Gasteiger partial charge in [0.05, 0.1) is 22.0 Å². The van der Waals surface area contributed by atoms with E-state index in [9.17, 15) is 18.5 Å². The van der Waals surface area contributed by atoms with Gasteiger partial charge in [-0.05, 0) is 31.4 Å². The number of sulfonamides is 1. The summed E-state index contributed by atoms with van der Waals surface area (Å²) in [6.07, 6.45) is 3.43. The predicted octanol–water partition coefficient (Wildman–Crippen LogP) is 3.10. The molecule has 1 aliphatic rings. The van der Waals surface area contributed by atoms with Crippen LogP contribution in [0.3, 0.4) is 0 Å². The van der Waals surface area contributed by atoms with Crippen LogP contribution in [0, 0.1) is 11.3 Å². The van der Waals surface area contributed by atoms with Crippen molar-refractivity contribution >= 4 is 44.7 Å². The van der Waals surface area contributed by atoms with Gasteiger partial charge >= 0.3 is 0 Å². The number of allylic oxidation sites excluding steroid dienone is 2. The van der Waals surface area contributed by atoms with E-state index < -0.39 is 15.8 Å². The van der Waals surface area contributed by atoms with Crippen molar-refractivity contribution in [3.05, 3.63) is 39.0 Å². The summed E-state index contributed by atoms with van der Waals surface area (Å²) in [5, 5.41) is 12.5. The molecule has 9 heteroatoms. The summed E-state index contributed by atoms with van der Waals surface area (Å²) < 4.78 is 25.0. The fraction of sp³-hybridized carbons (Fsp3) is 0.333. The number of nitriles is 1. The average molecular weight is 388 g/mol. The van der Waals surface area contributed by atoms with Crippen molar-refractivity contribution in [1.82, 2.24) is 5.32 Å². The molecule has 1 aliphatic heterocycles. The van der Waals surface area contributed by atoms with Crippen LogP contribution < -0.4 is 10.0 Å². The Kier molecular flexibility index (Phi) is 5.75. The Bertz CT molecular complexity index is 849. The van der Waals surface area contributed by atoms with Gasteiger partial charge in [-0.2, -0.15) is 5.26 Å². The number of halogens is 2. The predicted molar refractivity (Wildman–Crippen MR) is 93.8 cm³/mol. The van der Waals surface area contributed by atoms with Gasteiger partial charge in [0.2, 0.25) is 15.8 Å². The highest BCUT2D eigenvalue weighted by Gasteiger charge is 2.23. The molecule has 0 bridgehead atoms. The van der Waals surface area contributed by atoms with E-state index in [1.807, 2.05) is 6.07 Å². The van der Waals surface area contributed by atoms with Crippen molar-refractivity contribution in [2.75, 3.05) is 17.5 Å². The molecule has 1 aromatic carbocycles. The fourth-order valence-electron chi connectivity index (χ4n) is 2.36. The Morgan fingerprint density at radius 3 is 2.54 bits per heavy atom. The van der Waals surface area contributed by atoms with Crippen LogP contribution in [0.25, 0.3) is 0 Å². The van der Waals surface area contributed by atoms with Gasteiger partial charge in [-0.15, -0.1) is 0 Å². The van der Waals surface area contributed by atoms with Crippen molar-refractivity contribution < 1.29 is 13.2 Å². The van der Waals surface area contributed by atoms with E-state index in [-0.39, 0.29) is 26.9 Å². The SMILES string of the molecule is CS(=O)(=O)Nc1cc(C(=O)/C(C#N)=C2/CCCCN2)c(Cl)cc1Cl. The van der Waals surface area contributed by atoms with Gasteiger partial charge in [0.25, 0.3) is 0 Å². The summed E-state index contributed by atoms with van der Waals surface area (Å²) in [6, 6.07) is 4.44. The third-order valence-electron chi connectivity index (χ3n) is 3.43. The maximum absolute atomic E-state index is 12.7. The van der Waals surface area contributed by atoms with E-state index in [1.54, 1.807) is 0 Å². The second-order valence-electron chi connectivity index (χ2n) is 5.36. The number of nitrogens with zero attached hydrogens (tertiary/aromatic N) is 1. The van der Waals surface area contributed by atoms with Crippen LogP contribution in [0.2, 0.25) is 10.0 Å². The van der Waals surface area contributed by atoms with Crippen molar-refractivity contribution in [3.8, 4) is 6.07 Å². The zero-order valence-corrected chi connectivity index (χ0v) is 15.1. The number of carbonyl (C=O) groups excluding carboxylic acids is 1. The van der Waals surface area contributed by atoms with E-state index in [0.717, 1.165) is 19.1 Å². The number of hydrogen-bond donors (Lipinski definition) is 2. The number of carbonyl (C=O) groups is 1. The number of anilines is 1. The van der Waals surface area contributed by atoms with Crippen LogP contribution in [0.15, 0.2) is 23.4 Å². The van der Waals surface area contributed by atoms with Gasteiger partial charge in [0.15, 0.2) is 0 Å². The number of rotatable bonds is 4. The Balaban J connectivity index is 2.49. The number of Topliss-reactive ketones (excluding diaryl/α,β-unsaturated/α-hetero) is 1. The lowest BCUT2D eigenvalue weighted by Gasteiger charge is -2.18. The third-order valence-corrected chi connectivity index (χ3v) is 4.65. The van der Waals surface area contributed by atoms with Gasteiger partial charge in [-0.3, -0.25) is 9.52 Å². The number of hydrogen-bond acceptors (Lipinski definition) is 5. The van der Waals surface area contributed by atoms with Gasteiger partial charge < -0.3 is 5.32 Å². The Hall–Kier alpha value is -1.75. The summed E-state index contributed by atoms with van der Waals surface area (Å²) in [5.41, 5.74) is 0.607. The maximum Gasteiger partial charge on any atom is 0.229 e. The molecule has 0 atom stereocenters. The average Bonchev–Trinajstić information content (AvgIpc) is 2.50. The molecule has 2 rings (SSSR count). The van der Waals surface area contributed by atoms with Crippen molar-refractivity contribution in [2.45, 2.75) is 19.3 Å². The number of ketones is 1.